The molecule has 0 aliphatic heterocycles. The lowest BCUT2D eigenvalue weighted by Gasteiger charge is -1.99. The molecule has 0 amide bonds. The molecule has 15 heavy (non-hydrogen) atoms. The first-order chi connectivity index (χ1) is 7.24. The lowest BCUT2D eigenvalue weighted by Crippen LogP contribution is -2.12. The number of thiazole rings is 1. The molecule has 4 nitrogen and oxygen atoms in total. The SMILES string of the molecule is Cc1nc(CNCc2cnn(C)c2)cs1. The predicted molar refractivity (Wildman–Crippen MR) is 60.6 cm³/mol. The Morgan fingerprint density at radius 1 is 1.47 bits per heavy atom. The van der Waals surface area contributed by atoms with Crippen LogP contribution in [0.25, 0.3) is 0 Å². The van der Waals surface area contributed by atoms with Gasteiger partial charge in [0.1, 0.15) is 0 Å². The molecule has 0 fully saturated rings. The standard InChI is InChI=1S/C10H14N4S/c1-8-13-10(7-15-8)5-11-3-9-4-12-14(2)6-9/h4,6-7,11H,3,5H2,1-2H3. The average Bonchev–Trinajstić information content (AvgIpc) is 2.76. The van der Waals surface area contributed by atoms with Crippen LogP contribution in [0.4, 0.5) is 0 Å². The zero-order valence-corrected chi connectivity index (χ0v) is 9.71. The second kappa shape index (κ2) is 4.55. The molecule has 0 aliphatic carbocycles. The highest BCUT2D eigenvalue weighted by Gasteiger charge is 1.99. The molecule has 0 saturated heterocycles. The number of nitrogens with one attached hydrogen (secondary N) is 1. The van der Waals surface area contributed by atoms with Crippen LogP contribution in [0.3, 0.4) is 0 Å². The van der Waals surface area contributed by atoms with Crippen LogP contribution in [0.15, 0.2) is 17.8 Å². The fraction of sp³-hybridized carbons (Fsp3) is 0.400. The van der Waals surface area contributed by atoms with Crippen LogP contribution in [0.1, 0.15) is 16.3 Å². The summed E-state index contributed by atoms with van der Waals surface area (Å²) in [5.41, 5.74) is 2.31. The van der Waals surface area contributed by atoms with E-state index in [0.29, 0.717) is 0 Å². The second-order valence-electron chi connectivity index (χ2n) is 3.48. The lowest BCUT2D eigenvalue weighted by atomic mass is 10.3. The van der Waals surface area contributed by atoms with E-state index in [1.54, 1.807) is 11.3 Å². The van der Waals surface area contributed by atoms with Gasteiger partial charge in [-0.3, -0.25) is 4.68 Å². The quantitative estimate of drug-likeness (QED) is 0.852. The van der Waals surface area contributed by atoms with Gasteiger partial charge in [0.15, 0.2) is 0 Å². The van der Waals surface area contributed by atoms with E-state index in [2.05, 4.69) is 20.8 Å². The van der Waals surface area contributed by atoms with Crippen molar-refractivity contribution in [2.45, 2.75) is 20.0 Å². The first-order valence-corrected chi connectivity index (χ1v) is 5.71. The molecule has 5 heteroatoms. The molecule has 80 valence electrons. The third-order valence-corrected chi connectivity index (χ3v) is 2.88. The van der Waals surface area contributed by atoms with E-state index >= 15 is 0 Å². The number of nitrogens with zero attached hydrogens (tertiary/aromatic N) is 3. The minimum atomic E-state index is 0.819. The van der Waals surface area contributed by atoms with Crippen LogP contribution in [-0.4, -0.2) is 14.8 Å². The molecule has 2 aromatic heterocycles. The van der Waals surface area contributed by atoms with Crippen molar-refractivity contribution in [2.75, 3.05) is 0 Å². The smallest absolute Gasteiger partial charge is 0.0897 e. The van der Waals surface area contributed by atoms with Crippen LogP contribution in [0.5, 0.6) is 0 Å². The zero-order chi connectivity index (χ0) is 10.7. The van der Waals surface area contributed by atoms with Crippen molar-refractivity contribution in [3.05, 3.63) is 34.0 Å². The molecule has 0 unspecified atom stereocenters. The van der Waals surface area contributed by atoms with Crippen LogP contribution >= 0.6 is 11.3 Å². The Bertz CT molecular complexity index is 392. The number of rotatable bonds is 4. The molecule has 0 aromatic carbocycles. The first-order valence-electron chi connectivity index (χ1n) is 4.83. The Morgan fingerprint density at radius 2 is 2.33 bits per heavy atom. The van der Waals surface area contributed by atoms with E-state index in [1.807, 2.05) is 31.0 Å². The van der Waals surface area contributed by atoms with E-state index in [9.17, 15) is 0 Å². The average molecular weight is 222 g/mol. The lowest BCUT2D eigenvalue weighted by molar-refractivity contribution is 0.680. The molecule has 0 aliphatic rings. The fourth-order valence-electron chi connectivity index (χ4n) is 1.39. The van der Waals surface area contributed by atoms with Crippen molar-refractivity contribution in [1.82, 2.24) is 20.1 Å². The maximum absolute atomic E-state index is 4.38. The summed E-state index contributed by atoms with van der Waals surface area (Å²) in [5.74, 6) is 0. The number of hydrogen-bond acceptors (Lipinski definition) is 4. The summed E-state index contributed by atoms with van der Waals surface area (Å²) in [6.07, 6.45) is 3.89. The van der Waals surface area contributed by atoms with Crippen molar-refractivity contribution >= 4 is 11.3 Å². The Morgan fingerprint density at radius 3 is 2.93 bits per heavy atom. The molecule has 0 spiro atoms. The molecule has 2 rings (SSSR count). The van der Waals surface area contributed by atoms with Crippen LogP contribution in [0.2, 0.25) is 0 Å². The number of hydrogen-bond donors (Lipinski definition) is 1. The van der Waals surface area contributed by atoms with E-state index in [1.165, 1.54) is 5.56 Å². The van der Waals surface area contributed by atoms with Crippen LogP contribution in [0, 0.1) is 6.92 Å². The predicted octanol–water partition coefficient (Wildman–Crippen LogP) is 1.47. The normalized spacial score (nSPS) is 10.8. The molecule has 2 heterocycles. The number of aryl methyl sites for hydroxylation is 2. The summed E-state index contributed by atoms with van der Waals surface area (Å²) in [7, 11) is 1.92. The Balaban J connectivity index is 1.80. The third kappa shape index (κ3) is 2.87. The zero-order valence-electron chi connectivity index (χ0n) is 8.90. The van der Waals surface area contributed by atoms with Crippen molar-refractivity contribution in [3.63, 3.8) is 0 Å². The van der Waals surface area contributed by atoms with Crippen molar-refractivity contribution < 1.29 is 0 Å². The second-order valence-corrected chi connectivity index (χ2v) is 4.55. The largest absolute Gasteiger partial charge is 0.307 e. The highest BCUT2D eigenvalue weighted by Crippen LogP contribution is 2.07. The molecule has 0 saturated carbocycles. The Hall–Kier alpha value is -1.20. The molecule has 1 N–H and O–H groups in total. The maximum Gasteiger partial charge on any atom is 0.0897 e. The third-order valence-electron chi connectivity index (χ3n) is 2.06. The van der Waals surface area contributed by atoms with E-state index in [4.69, 9.17) is 0 Å². The minimum absolute atomic E-state index is 0.819. The molecular weight excluding hydrogens is 208 g/mol. The van der Waals surface area contributed by atoms with Gasteiger partial charge in [-0.25, -0.2) is 4.98 Å². The van der Waals surface area contributed by atoms with E-state index < -0.39 is 0 Å². The van der Waals surface area contributed by atoms with Gasteiger partial charge in [0.05, 0.1) is 16.9 Å². The van der Waals surface area contributed by atoms with Gasteiger partial charge in [0.25, 0.3) is 0 Å². The summed E-state index contributed by atoms with van der Waals surface area (Å²) >= 11 is 1.69. The molecule has 2 aromatic rings. The maximum atomic E-state index is 4.38. The highest BCUT2D eigenvalue weighted by molar-refractivity contribution is 7.09. The Labute approximate surface area is 93.0 Å². The van der Waals surface area contributed by atoms with Gasteiger partial charge < -0.3 is 5.32 Å². The summed E-state index contributed by atoms with van der Waals surface area (Å²) in [6, 6.07) is 0. The van der Waals surface area contributed by atoms with Gasteiger partial charge in [-0.1, -0.05) is 0 Å². The van der Waals surface area contributed by atoms with Crippen LogP contribution in [-0.2, 0) is 20.1 Å². The summed E-state index contributed by atoms with van der Waals surface area (Å²) in [5, 5.41) is 10.7. The molecular formula is C10H14N4S. The molecule has 0 radical (unpaired) electrons. The van der Waals surface area contributed by atoms with Gasteiger partial charge in [-0.2, -0.15) is 5.10 Å². The van der Waals surface area contributed by atoms with E-state index in [0.717, 1.165) is 23.8 Å². The number of aromatic nitrogens is 3. The van der Waals surface area contributed by atoms with Gasteiger partial charge in [-0.05, 0) is 6.92 Å². The van der Waals surface area contributed by atoms with Crippen molar-refractivity contribution in [1.29, 1.82) is 0 Å². The summed E-state index contributed by atoms with van der Waals surface area (Å²) in [4.78, 5) is 4.38. The van der Waals surface area contributed by atoms with Gasteiger partial charge in [-0.15, -0.1) is 11.3 Å². The van der Waals surface area contributed by atoms with E-state index in [-0.39, 0.29) is 0 Å². The van der Waals surface area contributed by atoms with Gasteiger partial charge in [0, 0.05) is 37.3 Å². The summed E-state index contributed by atoms with van der Waals surface area (Å²) in [6.45, 7) is 3.68. The highest BCUT2D eigenvalue weighted by atomic mass is 32.1. The van der Waals surface area contributed by atoms with Gasteiger partial charge >= 0.3 is 0 Å². The first kappa shape index (κ1) is 10.3. The fourth-order valence-corrected chi connectivity index (χ4v) is 2.00. The molecule has 0 atom stereocenters. The van der Waals surface area contributed by atoms with Crippen molar-refractivity contribution in [3.8, 4) is 0 Å². The van der Waals surface area contributed by atoms with Gasteiger partial charge in [0.2, 0.25) is 0 Å². The monoisotopic (exact) mass is 222 g/mol. The molecule has 0 bridgehead atoms. The Kier molecular flexibility index (Phi) is 3.13. The van der Waals surface area contributed by atoms with Crippen molar-refractivity contribution in [2.24, 2.45) is 7.05 Å². The van der Waals surface area contributed by atoms with Crippen LogP contribution < -0.4 is 5.32 Å². The minimum Gasteiger partial charge on any atom is -0.307 e. The topological polar surface area (TPSA) is 42.7 Å². The summed E-state index contributed by atoms with van der Waals surface area (Å²) < 4.78 is 1.81.